The summed E-state index contributed by atoms with van der Waals surface area (Å²) in [5.41, 5.74) is 6.41. The lowest BCUT2D eigenvalue weighted by molar-refractivity contribution is -0.219. The Bertz CT molecular complexity index is 961. The number of hydrogen-bond acceptors (Lipinski definition) is 7. The number of ether oxygens (including phenoxy) is 2. The smallest absolute Gasteiger partial charge is 0.256 e. The van der Waals surface area contributed by atoms with Crippen molar-refractivity contribution in [3.05, 3.63) is 11.8 Å². The van der Waals surface area contributed by atoms with Crippen LogP contribution >= 0.6 is 0 Å². The number of nitrogens with two attached hydrogens (primary N) is 1. The number of alkyl halides is 1. The number of rotatable bonds is 7. The number of nitrogens with one attached hydrogen (secondary N) is 1. The molecular weight excluding hydrogens is 499 g/mol. The second-order valence-corrected chi connectivity index (χ2v) is 13.2. The van der Waals surface area contributed by atoms with Crippen molar-refractivity contribution in [2.24, 2.45) is 23.5 Å². The highest BCUT2D eigenvalue weighted by Gasteiger charge is 2.60. The largest absolute Gasteiger partial charge is 0.379 e. The van der Waals surface area contributed by atoms with E-state index in [-0.39, 0.29) is 54.0 Å². The van der Waals surface area contributed by atoms with Crippen LogP contribution in [0.2, 0.25) is 0 Å². The third-order valence-corrected chi connectivity index (χ3v) is 10.4. The lowest BCUT2D eigenvalue weighted by Crippen LogP contribution is -2.73. The first-order valence-electron chi connectivity index (χ1n) is 15.5. The minimum absolute atomic E-state index is 0.00253. The predicted octanol–water partition coefficient (Wildman–Crippen LogP) is 2.55. The standard InChI is InChI=1S/C30H47FN4O4/c1-17(2)38-11-5-9-33-30(37)22-16-35-24-12-18-6-3-4-7-19(18)13-25(24)39-29-26(35)21(28(22)36)14-23(31)27(29)34-10-8-20(32)15-34/h16-21,23-27,29H,3-15,32H2,1-2H3,(H,33,37). The molecule has 6 aliphatic rings. The Labute approximate surface area is 232 Å². The average molecular weight is 547 g/mol. The highest BCUT2D eigenvalue weighted by Crippen LogP contribution is 2.50. The highest BCUT2D eigenvalue weighted by atomic mass is 19.1. The Morgan fingerprint density at radius 1 is 1.18 bits per heavy atom. The van der Waals surface area contributed by atoms with Gasteiger partial charge in [0.2, 0.25) is 0 Å². The maximum atomic E-state index is 16.1. The van der Waals surface area contributed by atoms with Crippen molar-refractivity contribution in [2.45, 2.75) is 120 Å². The quantitative estimate of drug-likeness (QED) is 0.374. The predicted molar refractivity (Wildman–Crippen MR) is 146 cm³/mol. The molecule has 218 valence electrons. The zero-order valence-corrected chi connectivity index (χ0v) is 23.6. The van der Waals surface area contributed by atoms with Crippen molar-refractivity contribution < 1.29 is 23.5 Å². The normalized spacial score (nSPS) is 42.0. The van der Waals surface area contributed by atoms with Gasteiger partial charge in [-0.1, -0.05) is 25.7 Å². The molecule has 6 rings (SSSR count). The topological polar surface area (TPSA) is 97.1 Å². The van der Waals surface area contributed by atoms with Gasteiger partial charge in [-0.05, 0) is 57.8 Å². The molecule has 0 bridgehead atoms. The van der Waals surface area contributed by atoms with E-state index in [0.29, 0.717) is 38.0 Å². The number of fused-ring (bicyclic) bond motifs is 3. The molecule has 3 heterocycles. The minimum atomic E-state index is -1.19. The molecule has 5 fully saturated rings. The van der Waals surface area contributed by atoms with E-state index >= 15 is 4.39 Å². The molecule has 9 heteroatoms. The molecule has 0 aromatic rings. The number of carbonyl (C=O) groups excluding carboxylic acids is 2. The summed E-state index contributed by atoms with van der Waals surface area (Å²) in [7, 11) is 0. The molecule has 8 nitrogen and oxygen atoms in total. The summed E-state index contributed by atoms with van der Waals surface area (Å²) in [5.74, 6) is 0.161. The van der Waals surface area contributed by atoms with E-state index in [4.69, 9.17) is 15.2 Å². The molecule has 39 heavy (non-hydrogen) atoms. The number of nitrogens with zero attached hydrogens (tertiary/aromatic N) is 2. The fourth-order valence-corrected chi connectivity index (χ4v) is 8.64. The first kappa shape index (κ1) is 27.6. The Morgan fingerprint density at radius 2 is 1.95 bits per heavy atom. The van der Waals surface area contributed by atoms with Crippen molar-refractivity contribution in [2.75, 3.05) is 26.2 Å². The Morgan fingerprint density at radius 3 is 2.67 bits per heavy atom. The van der Waals surface area contributed by atoms with Crippen molar-refractivity contribution in [1.29, 1.82) is 0 Å². The number of halogens is 1. The summed E-state index contributed by atoms with van der Waals surface area (Å²) in [5, 5.41) is 2.93. The number of Topliss-reactive ketones (excluding diaryl/α,β-unsaturated/α-hetero) is 1. The second kappa shape index (κ2) is 11.4. The maximum Gasteiger partial charge on any atom is 0.256 e. The van der Waals surface area contributed by atoms with Crippen LogP contribution in [-0.4, -0.2) is 96.4 Å². The zero-order valence-electron chi connectivity index (χ0n) is 23.6. The number of likely N-dealkylation sites (tertiary alicyclic amines) is 1. The van der Waals surface area contributed by atoms with Gasteiger partial charge in [-0.3, -0.25) is 14.5 Å². The molecule has 3 aliphatic heterocycles. The van der Waals surface area contributed by atoms with E-state index in [0.717, 1.165) is 25.8 Å². The van der Waals surface area contributed by atoms with Crippen LogP contribution in [0.3, 0.4) is 0 Å². The molecule has 3 aliphatic carbocycles. The van der Waals surface area contributed by atoms with Crippen molar-refractivity contribution >= 4 is 11.7 Å². The fraction of sp³-hybridized carbons (Fsp3) is 0.867. The average Bonchev–Trinajstić information content (AvgIpc) is 3.33. The molecule has 3 N–H and O–H groups in total. The van der Waals surface area contributed by atoms with Gasteiger partial charge >= 0.3 is 0 Å². The number of hydrogen-bond donors (Lipinski definition) is 2. The van der Waals surface area contributed by atoms with Crippen LogP contribution in [0.5, 0.6) is 0 Å². The number of ketones is 1. The molecule has 2 saturated heterocycles. The number of carbonyl (C=O) groups is 2. The number of morpholine rings is 1. The minimum Gasteiger partial charge on any atom is -0.379 e. The van der Waals surface area contributed by atoms with Gasteiger partial charge in [-0.2, -0.15) is 0 Å². The summed E-state index contributed by atoms with van der Waals surface area (Å²) >= 11 is 0. The van der Waals surface area contributed by atoms with Gasteiger partial charge in [0.15, 0.2) is 5.78 Å². The highest BCUT2D eigenvalue weighted by molar-refractivity contribution is 6.20. The maximum absolute atomic E-state index is 16.1. The van der Waals surface area contributed by atoms with Crippen molar-refractivity contribution in [3.8, 4) is 0 Å². The van der Waals surface area contributed by atoms with E-state index in [2.05, 4.69) is 15.1 Å². The molecule has 0 aromatic carbocycles. The van der Waals surface area contributed by atoms with Crippen LogP contribution in [0.25, 0.3) is 0 Å². The summed E-state index contributed by atoms with van der Waals surface area (Å²) in [4.78, 5) is 31.6. The Hall–Kier alpha value is -1.55. The Balaban J connectivity index is 1.28. The van der Waals surface area contributed by atoms with Crippen molar-refractivity contribution in [1.82, 2.24) is 15.1 Å². The monoisotopic (exact) mass is 546 g/mol. The third kappa shape index (κ3) is 5.29. The molecule has 0 aromatic heterocycles. The van der Waals surface area contributed by atoms with Gasteiger partial charge in [0.05, 0.1) is 42.0 Å². The lowest BCUT2D eigenvalue weighted by atomic mass is 9.64. The lowest BCUT2D eigenvalue weighted by Gasteiger charge is -2.61. The van der Waals surface area contributed by atoms with Crippen LogP contribution in [0.15, 0.2) is 11.8 Å². The molecular formula is C30H47FN4O4. The van der Waals surface area contributed by atoms with Gasteiger partial charge in [0, 0.05) is 44.4 Å². The van der Waals surface area contributed by atoms with Crippen LogP contribution in [0.4, 0.5) is 4.39 Å². The van der Waals surface area contributed by atoms with E-state index < -0.39 is 24.2 Å². The first-order chi connectivity index (χ1) is 18.8. The van der Waals surface area contributed by atoms with Gasteiger partial charge in [0.1, 0.15) is 6.17 Å². The van der Waals surface area contributed by atoms with Crippen LogP contribution in [0, 0.1) is 17.8 Å². The Kier molecular flexibility index (Phi) is 8.06. The van der Waals surface area contributed by atoms with E-state index in [1.807, 2.05) is 20.0 Å². The van der Waals surface area contributed by atoms with Gasteiger partial charge in [0.25, 0.3) is 5.91 Å². The molecule has 1 amide bonds. The molecule has 10 atom stereocenters. The molecule has 10 unspecified atom stereocenters. The van der Waals surface area contributed by atoms with Crippen LogP contribution < -0.4 is 11.1 Å². The van der Waals surface area contributed by atoms with Gasteiger partial charge < -0.3 is 25.4 Å². The SMILES string of the molecule is CC(C)OCCCNC(=O)C1=CN2C3CC4CCCCC4CC3OC3C(N4CCC(N)C4)C(F)CC(C1=O)C32. The second-order valence-electron chi connectivity index (χ2n) is 13.2. The van der Waals surface area contributed by atoms with Crippen LogP contribution in [0.1, 0.15) is 71.6 Å². The summed E-state index contributed by atoms with van der Waals surface area (Å²) in [6, 6.07) is -0.455. The number of amides is 1. The molecule has 0 radical (unpaired) electrons. The van der Waals surface area contributed by atoms with E-state index in [1.54, 1.807) is 0 Å². The summed E-state index contributed by atoms with van der Waals surface area (Å²) in [6.07, 6.45) is 9.10. The van der Waals surface area contributed by atoms with Crippen molar-refractivity contribution in [3.63, 3.8) is 0 Å². The molecule has 0 spiro atoms. The molecule has 3 saturated carbocycles. The van der Waals surface area contributed by atoms with E-state index in [1.165, 1.54) is 25.7 Å². The third-order valence-electron chi connectivity index (χ3n) is 10.4. The zero-order chi connectivity index (χ0) is 27.3. The fourth-order valence-electron chi connectivity index (χ4n) is 8.64. The summed E-state index contributed by atoms with van der Waals surface area (Å²) in [6.45, 7) is 6.39. The van der Waals surface area contributed by atoms with Gasteiger partial charge in [-0.15, -0.1) is 0 Å². The van der Waals surface area contributed by atoms with Gasteiger partial charge in [-0.25, -0.2) is 4.39 Å². The van der Waals surface area contributed by atoms with Crippen LogP contribution in [-0.2, 0) is 19.1 Å². The first-order valence-corrected chi connectivity index (χ1v) is 15.5. The summed E-state index contributed by atoms with van der Waals surface area (Å²) < 4.78 is 28.6. The van der Waals surface area contributed by atoms with E-state index in [9.17, 15) is 9.59 Å².